The number of ether oxygens (including phenoxy) is 2. The van der Waals surface area contributed by atoms with E-state index < -0.39 is 0 Å². The van der Waals surface area contributed by atoms with Crippen LogP contribution >= 0.6 is 11.3 Å². The molecular weight excluding hydrogens is 362 g/mol. The summed E-state index contributed by atoms with van der Waals surface area (Å²) < 4.78 is 11.7. The second-order valence-corrected chi connectivity index (χ2v) is 7.17. The molecule has 138 valence electrons. The summed E-state index contributed by atoms with van der Waals surface area (Å²) in [5.74, 6) is 1.32. The molecule has 1 aliphatic heterocycles. The Labute approximate surface area is 161 Å². The summed E-state index contributed by atoms with van der Waals surface area (Å²) in [7, 11) is 0. The van der Waals surface area contributed by atoms with Crippen LogP contribution in [0.25, 0.3) is 0 Å². The Hall–Kier alpha value is -2.77. The Morgan fingerprint density at radius 3 is 2.89 bits per heavy atom. The number of amides is 1. The minimum absolute atomic E-state index is 0.0283. The molecule has 0 radical (unpaired) electrons. The van der Waals surface area contributed by atoms with Gasteiger partial charge in [0, 0.05) is 36.1 Å². The smallest absolute Gasteiger partial charge is 0.254 e. The third-order valence-electron chi connectivity index (χ3n) is 4.39. The Bertz CT molecular complexity index is 915. The van der Waals surface area contributed by atoms with Crippen molar-refractivity contribution in [3.8, 4) is 11.5 Å². The van der Waals surface area contributed by atoms with E-state index in [1.807, 2.05) is 29.3 Å². The average molecular weight is 381 g/mol. The minimum Gasteiger partial charge on any atom is -0.457 e. The highest BCUT2D eigenvalue weighted by atomic mass is 32.1. The molecular formula is C20H19N3O3S. The fraction of sp³-hybridized carbons (Fsp3) is 0.250. The highest BCUT2D eigenvalue weighted by molar-refractivity contribution is 7.09. The van der Waals surface area contributed by atoms with Crippen LogP contribution in [0.1, 0.15) is 27.0 Å². The van der Waals surface area contributed by atoms with Gasteiger partial charge in [-0.1, -0.05) is 6.07 Å². The van der Waals surface area contributed by atoms with Gasteiger partial charge in [0.1, 0.15) is 22.6 Å². The van der Waals surface area contributed by atoms with Gasteiger partial charge in [0.05, 0.1) is 13.2 Å². The maximum atomic E-state index is 13.0. The van der Waals surface area contributed by atoms with E-state index in [0.29, 0.717) is 36.8 Å². The minimum atomic E-state index is -0.166. The predicted octanol–water partition coefficient (Wildman–Crippen LogP) is 3.85. The number of benzene rings is 1. The monoisotopic (exact) mass is 381 g/mol. The van der Waals surface area contributed by atoms with E-state index in [0.717, 1.165) is 10.6 Å². The molecule has 0 saturated carbocycles. The molecule has 0 unspecified atom stereocenters. The van der Waals surface area contributed by atoms with Gasteiger partial charge in [-0.05, 0) is 36.8 Å². The van der Waals surface area contributed by atoms with Crippen molar-refractivity contribution >= 4 is 17.2 Å². The first-order valence-corrected chi connectivity index (χ1v) is 9.57. The van der Waals surface area contributed by atoms with E-state index in [-0.39, 0.29) is 12.0 Å². The number of nitrogens with zero attached hydrogens (tertiary/aromatic N) is 3. The number of pyridine rings is 1. The Kier molecular flexibility index (Phi) is 5.13. The van der Waals surface area contributed by atoms with Crippen LogP contribution in [0.2, 0.25) is 0 Å². The lowest BCUT2D eigenvalue weighted by Crippen LogP contribution is -2.42. The summed E-state index contributed by atoms with van der Waals surface area (Å²) in [6.45, 7) is 3.52. The topological polar surface area (TPSA) is 64.6 Å². The van der Waals surface area contributed by atoms with Crippen molar-refractivity contribution in [2.45, 2.75) is 13.0 Å². The summed E-state index contributed by atoms with van der Waals surface area (Å²) in [5.41, 5.74) is 1.57. The number of aromatic nitrogens is 2. The number of carbonyl (C=O) groups is 1. The van der Waals surface area contributed by atoms with Crippen LogP contribution in [0.4, 0.5) is 0 Å². The highest BCUT2D eigenvalue weighted by Gasteiger charge is 2.27. The molecule has 4 rings (SSSR count). The van der Waals surface area contributed by atoms with Gasteiger partial charge in [-0.25, -0.2) is 4.98 Å². The van der Waals surface area contributed by atoms with Crippen molar-refractivity contribution < 1.29 is 14.3 Å². The molecule has 0 N–H and O–H groups in total. The Morgan fingerprint density at radius 1 is 1.26 bits per heavy atom. The lowest BCUT2D eigenvalue weighted by Gasteiger charge is -2.32. The second-order valence-electron chi connectivity index (χ2n) is 6.25. The van der Waals surface area contributed by atoms with E-state index >= 15 is 0 Å². The predicted molar refractivity (Wildman–Crippen MR) is 102 cm³/mol. The first-order valence-electron chi connectivity index (χ1n) is 8.69. The third-order valence-corrected chi connectivity index (χ3v) is 5.26. The molecule has 0 spiro atoms. The zero-order valence-corrected chi connectivity index (χ0v) is 15.7. The molecule has 1 aromatic carbocycles. The molecule has 1 aliphatic rings. The van der Waals surface area contributed by atoms with Crippen LogP contribution in [0.5, 0.6) is 11.5 Å². The zero-order chi connectivity index (χ0) is 18.6. The molecule has 3 heterocycles. The largest absolute Gasteiger partial charge is 0.457 e. The molecule has 27 heavy (non-hydrogen) atoms. The van der Waals surface area contributed by atoms with Crippen molar-refractivity contribution in [2.75, 3.05) is 19.7 Å². The number of morpholine rings is 1. The summed E-state index contributed by atoms with van der Waals surface area (Å²) >= 11 is 1.55. The molecule has 0 aliphatic carbocycles. The van der Waals surface area contributed by atoms with Gasteiger partial charge in [0.25, 0.3) is 5.91 Å². The zero-order valence-electron chi connectivity index (χ0n) is 14.9. The summed E-state index contributed by atoms with van der Waals surface area (Å²) in [4.78, 5) is 23.1. The Balaban J connectivity index is 1.52. The van der Waals surface area contributed by atoms with Crippen LogP contribution in [-0.4, -0.2) is 40.5 Å². The molecule has 6 nitrogen and oxygen atoms in total. The van der Waals surface area contributed by atoms with Gasteiger partial charge in [-0.15, -0.1) is 11.3 Å². The van der Waals surface area contributed by atoms with Crippen molar-refractivity contribution in [1.82, 2.24) is 14.9 Å². The SMILES string of the molecule is Cc1ccc(C(=O)N2CCO[C@H](c3nccs3)C2)cc1Oc1ccncc1. The van der Waals surface area contributed by atoms with Crippen LogP contribution in [0.3, 0.4) is 0 Å². The maximum absolute atomic E-state index is 13.0. The summed E-state index contributed by atoms with van der Waals surface area (Å²) in [6, 6.07) is 9.11. The van der Waals surface area contributed by atoms with Gasteiger partial charge >= 0.3 is 0 Å². The van der Waals surface area contributed by atoms with Gasteiger partial charge < -0.3 is 14.4 Å². The van der Waals surface area contributed by atoms with E-state index in [9.17, 15) is 4.79 Å². The third kappa shape index (κ3) is 3.99. The Morgan fingerprint density at radius 2 is 2.11 bits per heavy atom. The van der Waals surface area contributed by atoms with Crippen LogP contribution < -0.4 is 4.74 Å². The average Bonchev–Trinajstić information content (AvgIpc) is 3.25. The quantitative estimate of drug-likeness (QED) is 0.687. The normalized spacial score (nSPS) is 16.9. The highest BCUT2D eigenvalue weighted by Crippen LogP contribution is 2.28. The van der Waals surface area contributed by atoms with Gasteiger partial charge in [-0.3, -0.25) is 9.78 Å². The van der Waals surface area contributed by atoms with E-state index in [2.05, 4.69) is 9.97 Å². The maximum Gasteiger partial charge on any atom is 0.254 e. The number of aryl methyl sites for hydroxylation is 1. The first kappa shape index (κ1) is 17.6. The molecule has 3 aromatic rings. The summed E-state index contributed by atoms with van der Waals surface area (Å²) in [5, 5.41) is 2.82. The number of thiazole rings is 1. The van der Waals surface area contributed by atoms with Crippen molar-refractivity contribution in [1.29, 1.82) is 0 Å². The first-order chi connectivity index (χ1) is 13.2. The van der Waals surface area contributed by atoms with Crippen molar-refractivity contribution in [3.05, 3.63) is 70.4 Å². The van der Waals surface area contributed by atoms with E-state index in [1.54, 1.807) is 48.1 Å². The molecule has 1 atom stereocenters. The molecule has 0 bridgehead atoms. The molecule has 2 aromatic heterocycles. The van der Waals surface area contributed by atoms with Gasteiger partial charge in [0.15, 0.2) is 0 Å². The fourth-order valence-corrected chi connectivity index (χ4v) is 3.61. The lowest BCUT2D eigenvalue weighted by atomic mass is 10.1. The number of rotatable bonds is 4. The van der Waals surface area contributed by atoms with E-state index in [1.165, 1.54) is 0 Å². The number of hydrogen-bond donors (Lipinski definition) is 0. The number of carbonyl (C=O) groups excluding carboxylic acids is 1. The molecule has 1 saturated heterocycles. The van der Waals surface area contributed by atoms with Crippen LogP contribution in [0, 0.1) is 6.92 Å². The second kappa shape index (κ2) is 7.85. The molecule has 1 amide bonds. The summed E-state index contributed by atoms with van der Waals surface area (Å²) in [6.07, 6.45) is 4.94. The van der Waals surface area contributed by atoms with Crippen molar-refractivity contribution in [3.63, 3.8) is 0 Å². The standard InChI is InChI=1S/C20H19N3O3S/c1-14-2-3-15(12-17(14)26-16-4-6-21-7-5-16)20(24)23-9-10-25-18(13-23)19-22-8-11-27-19/h2-8,11-12,18H,9-10,13H2,1H3/t18-/m0/s1. The van der Waals surface area contributed by atoms with Gasteiger partial charge in [-0.2, -0.15) is 0 Å². The van der Waals surface area contributed by atoms with Crippen molar-refractivity contribution in [2.24, 2.45) is 0 Å². The fourth-order valence-electron chi connectivity index (χ4n) is 2.94. The number of hydrogen-bond acceptors (Lipinski definition) is 6. The molecule has 7 heteroatoms. The molecule has 1 fully saturated rings. The van der Waals surface area contributed by atoms with Crippen LogP contribution in [-0.2, 0) is 4.74 Å². The van der Waals surface area contributed by atoms with Crippen LogP contribution in [0.15, 0.2) is 54.3 Å². The lowest BCUT2D eigenvalue weighted by molar-refractivity contribution is -0.0229. The van der Waals surface area contributed by atoms with E-state index in [4.69, 9.17) is 9.47 Å². The van der Waals surface area contributed by atoms with Gasteiger partial charge in [0.2, 0.25) is 0 Å².